The monoisotopic (exact) mass is 464 g/mol. The number of nitrogens with one attached hydrogen (secondary N) is 1. The normalized spacial score (nSPS) is 18.2. The summed E-state index contributed by atoms with van der Waals surface area (Å²) in [5.74, 6) is -0.144. The number of carbonyl (C=O) groups excluding carboxylic acids is 3. The van der Waals surface area contributed by atoms with Gasteiger partial charge < -0.3 is 15.1 Å². The largest absolute Gasteiger partial charge is 0.343 e. The van der Waals surface area contributed by atoms with Crippen molar-refractivity contribution < 1.29 is 14.4 Å². The fraction of sp³-hybridized carbons (Fsp3) is 0.571. The molecule has 0 radical (unpaired) electrons. The number of rotatable bonds is 5. The molecular weight excluding hydrogens is 436 g/mol. The maximum Gasteiger partial charge on any atom is 0.251 e. The van der Waals surface area contributed by atoms with Gasteiger partial charge in [0, 0.05) is 49.3 Å². The minimum absolute atomic E-state index is 0.0123. The van der Waals surface area contributed by atoms with Crippen molar-refractivity contribution in [3.8, 4) is 0 Å². The number of carbonyl (C=O) groups is 3. The van der Waals surface area contributed by atoms with Crippen LogP contribution in [0.25, 0.3) is 0 Å². The highest BCUT2D eigenvalue weighted by atomic mass is 79.9. The van der Waals surface area contributed by atoms with Gasteiger partial charge in [-0.2, -0.15) is 0 Å². The van der Waals surface area contributed by atoms with E-state index in [0.29, 0.717) is 38.3 Å². The van der Waals surface area contributed by atoms with Gasteiger partial charge in [0.1, 0.15) is 0 Å². The van der Waals surface area contributed by atoms with Crippen molar-refractivity contribution in [2.24, 2.45) is 0 Å². The Hall–Kier alpha value is -1.93. The van der Waals surface area contributed by atoms with E-state index in [0.717, 1.165) is 30.4 Å². The number of piperazine rings is 1. The van der Waals surface area contributed by atoms with Crippen LogP contribution >= 0.6 is 15.9 Å². The van der Waals surface area contributed by atoms with Crippen LogP contribution < -0.4 is 5.32 Å². The highest BCUT2D eigenvalue weighted by Gasteiger charge is 2.24. The van der Waals surface area contributed by atoms with Gasteiger partial charge in [-0.25, -0.2) is 0 Å². The second kappa shape index (κ2) is 10.7. The summed E-state index contributed by atoms with van der Waals surface area (Å²) in [4.78, 5) is 42.9. The van der Waals surface area contributed by atoms with Crippen molar-refractivity contribution in [2.45, 2.75) is 25.7 Å². The van der Waals surface area contributed by atoms with Crippen molar-refractivity contribution >= 4 is 33.7 Å². The Morgan fingerprint density at radius 2 is 1.38 bits per heavy atom. The molecule has 2 aliphatic rings. The standard InChI is InChI=1S/C21H29BrN4O3/c22-18-7-5-17(6-8-18)21(29)23-15-19(27)26-13-11-24(12-14-26)16-20(28)25-9-3-1-2-4-10-25/h5-8H,1-4,9-16H2,(H,23,29). The van der Waals surface area contributed by atoms with Crippen molar-refractivity contribution in [1.29, 1.82) is 0 Å². The summed E-state index contributed by atoms with van der Waals surface area (Å²) >= 11 is 3.33. The van der Waals surface area contributed by atoms with Gasteiger partial charge in [-0.15, -0.1) is 0 Å². The third kappa shape index (κ3) is 6.54. The summed E-state index contributed by atoms with van der Waals surface area (Å²) in [5, 5.41) is 2.69. The van der Waals surface area contributed by atoms with Gasteiger partial charge in [0.2, 0.25) is 11.8 Å². The van der Waals surface area contributed by atoms with E-state index in [2.05, 4.69) is 26.1 Å². The van der Waals surface area contributed by atoms with Crippen LogP contribution in [0.1, 0.15) is 36.0 Å². The Kier molecular flexibility index (Phi) is 8.06. The molecule has 1 N–H and O–H groups in total. The Bertz CT molecular complexity index is 709. The minimum Gasteiger partial charge on any atom is -0.343 e. The first-order valence-corrected chi connectivity index (χ1v) is 11.1. The van der Waals surface area contributed by atoms with Gasteiger partial charge in [0.15, 0.2) is 0 Å². The zero-order valence-corrected chi connectivity index (χ0v) is 18.3. The van der Waals surface area contributed by atoms with Gasteiger partial charge in [0.05, 0.1) is 13.1 Å². The van der Waals surface area contributed by atoms with Crippen molar-refractivity contribution in [1.82, 2.24) is 20.0 Å². The number of likely N-dealkylation sites (tertiary alicyclic amines) is 1. The molecule has 0 aromatic heterocycles. The van der Waals surface area contributed by atoms with Crippen molar-refractivity contribution in [3.63, 3.8) is 0 Å². The third-order valence-corrected chi connectivity index (χ3v) is 6.08. The first-order chi connectivity index (χ1) is 14.0. The molecule has 0 unspecified atom stereocenters. The van der Waals surface area contributed by atoms with Crippen molar-refractivity contribution in [2.75, 3.05) is 52.4 Å². The molecule has 3 rings (SSSR count). The Morgan fingerprint density at radius 1 is 0.793 bits per heavy atom. The molecule has 2 saturated heterocycles. The van der Waals surface area contributed by atoms with Crippen LogP contribution in [0.5, 0.6) is 0 Å². The van der Waals surface area contributed by atoms with Crippen LogP contribution in [0.4, 0.5) is 0 Å². The van der Waals surface area contributed by atoms with Gasteiger partial charge in [-0.3, -0.25) is 19.3 Å². The second-order valence-corrected chi connectivity index (χ2v) is 8.56. The molecule has 0 aliphatic carbocycles. The van der Waals surface area contributed by atoms with Crippen molar-refractivity contribution in [3.05, 3.63) is 34.3 Å². The van der Waals surface area contributed by atoms with E-state index in [1.165, 1.54) is 12.8 Å². The summed E-state index contributed by atoms with van der Waals surface area (Å²) in [5.41, 5.74) is 0.526. The lowest BCUT2D eigenvalue weighted by Crippen LogP contribution is -2.53. The summed E-state index contributed by atoms with van der Waals surface area (Å²) in [7, 11) is 0. The third-order valence-electron chi connectivity index (χ3n) is 5.55. The summed E-state index contributed by atoms with van der Waals surface area (Å²) in [6.07, 6.45) is 4.62. The average molecular weight is 465 g/mol. The number of halogens is 1. The van der Waals surface area contributed by atoms with E-state index in [4.69, 9.17) is 0 Å². The van der Waals surface area contributed by atoms with Gasteiger partial charge in [0.25, 0.3) is 5.91 Å². The quantitative estimate of drug-likeness (QED) is 0.719. The first-order valence-electron chi connectivity index (χ1n) is 10.3. The number of amides is 3. The van der Waals surface area contributed by atoms with E-state index in [-0.39, 0.29) is 24.3 Å². The number of hydrogen-bond acceptors (Lipinski definition) is 4. The summed E-state index contributed by atoms with van der Waals surface area (Å²) in [6, 6.07) is 7.01. The van der Waals surface area contributed by atoms with E-state index in [1.807, 2.05) is 4.90 Å². The molecule has 29 heavy (non-hydrogen) atoms. The molecule has 158 valence electrons. The van der Waals surface area contributed by atoms with Gasteiger partial charge in [-0.05, 0) is 37.1 Å². The minimum atomic E-state index is -0.257. The molecule has 0 saturated carbocycles. The zero-order valence-electron chi connectivity index (χ0n) is 16.7. The van der Waals surface area contributed by atoms with Crippen LogP contribution in [-0.2, 0) is 9.59 Å². The number of nitrogens with zero attached hydrogens (tertiary/aromatic N) is 3. The molecule has 7 nitrogen and oxygen atoms in total. The lowest BCUT2D eigenvalue weighted by molar-refractivity contribution is -0.134. The summed E-state index contributed by atoms with van der Waals surface area (Å²) < 4.78 is 0.900. The maximum absolute atomic E-state index is 12.5. The predicted octanol–water partition coefficient (Wildman–Crippen LogP) is 1.73. The zero-order chi connectivity index (χ0) is 20.6. The van der Waals surface area contributed by atoms with Gasteiger partial charge >= 0.3 is 0 Å². The average Bonchev–Trinajstić information content (AvgIpc) is 3.02. The van der Waals surface area contributed by atoms with E-state index in [1.54, 1.807) is 29.2 Å². The predicted molar refractivity (Wildman–Crippen MR) is 115 cm³/mol. The molecule has 1 aromatic carbocycles. The fourth-order valence-electron chi connectivity index (χ4n) is 3.74. The molecule has 0 bridgehead atoms. The molecule has 3 amide bonds. The summed E-state index contributed by atoms with van der Waals surface area (Å²) in [6.45, 7) is 4.70. The molecule has 2 aliphatic heterocycles. The molecule has 2 heterocycles. The second-order valence-electron chi connectivity index (χ2n) is 7.64. The Labute approximate surface area is 180 Å². The highest BCUT2D eigenvalue weighted by molar-refractivity contribution is 9.10. The first kappa shape index (κ1) is 21.8. The van der Waals surface area contributed by atoms with E-state index < -0.39 is 0 Å². The topological polar surface area (TPSA) is 73.0 Å². The Balaban J connectivity index is 1.38. The number of hydrogen-bond donors (Lipinski definition) is 1. The Morgan fingerprint density at radius 3 is 2.00 bits per heavy atom. The SMILES string of the molecule is O=C(NCC(=O)N1CCN(CC(=O)N2CCCCCC2)CC1)c1ccc(Br)cc1. The molecule has 0 atom stereocenters. The highest BCUT2D eigenvalue weighted by Crippen LogP contribution is 2.12. The lowest BCUT2D eigenvalue weighted by atomic mass is 10.2. The fourth-order valence-corrected chi connectivity index (χ4v) is 4.00. The van der Waals surface area contributed by atoms with Crippen LogP contribution in [0, 0.1) is 0 Å². The van der Waals surface area contributed by atoms with Gasteiger partial charge in [-0.1, -0.05) is 28.8 Å². The smallest absolute Gasteiger partial charge is 0.251 e. The molecule has 1 aromatic rings. The lowest BCUT2D eigenvalue weighted by Gasteiger charge is -2.35. The van der Waals surface area contributed by atoms with Crippen LogP contribution in [0.3, 0.4) is 0 Å². The van der Waals surface area contributed by atoms with E-state index in [9.17, 15) is 14.4 Å². The number of benzene rings is 1. The molecule has 0 spiro atoms. The maximum atomic E-state index is 12.5. The van der Waals surface area contributed by atoms with Crippen LogP contribution in [0.2, 0.25) is 0 Å². The molecule has 2 fully saturated rings. The molecular formula is C21H29BrN4O3. The van der Waals surface area contributed by atoms with Crippen LogP contribution in [0.15, 0.2) is 28.7 Å². The van der Waals surface area contributed by atoms with E-state index >= 15 is 0 Å². The van der Waals surface area contributed by atoms with Crippen LogP contribution in [-0.4, -0.2) is 84.8 Å². The molecule has 8 heteroatoms.